The molecule has 110 valence electrons. The fourth-order valence-electron chi connectivity index (χ4n) is 1.97. The van der Waals surface area contributed by atoms with Gasteiger partial charge in [0.1, 0.15) is 5.75 Å². The second kappa shape index (κ2) is 6.87. The number of benzene rings is 2. The van der Waals surface area contributed by atoms with Crippen LogP contribution in [0.5, 0.6) is 5.75 Å². The number of carbonyl (C=O) groups is 1. The van der Waals surface area contributed by atoms with Crippen molar-refractivity contribution in [2.45, 2.75) is 0 Å². The third-order valence-electron chi connectivity index (χ3n) is 3.04. The Morgan fingerprint density at radius 2 is 2.05 bits per heavy atom. The van der Waals surface area contributed by atoms with Crippen molar-refractivity contribution in [2.24, 2.45) is 5.10 Å². The van der Waals surface area contributed by atoms with E-state index in [0.717, 1.165) is 16.3 Å². The van der Waals surface area contributed by atoms with E-state index in [1.807, 2.05) is 59.3 Å². The van der Waals surface area contributed by atoms with E-state index >= 15 is 0 Å². The van der Waals surface area contributed by atoms with Gasteiger partial charge in [0.05, 0.1) is 6.21 Å². The van der Waals surface area contributed by atoms with Gasteiger partial charge in [0, 0.05) is 5.56 Å². The number of nitrogens with zero attached hydrogens (tertiary/aromatic N) is 1. The zero-order chi connectivity index (χ0) is 15.2. The summed E-state index contributed by atoms with van der Waals surface area (Å²) in [5.74, 6) is 0.371. The Kier molecular flexibility index (Phi) is 4.46. The van der Waals surface area contributed by atoms with Crippen molar-refractivity contribution in [3.05, 3.63) is 64.9 Å². The first kappa shape index (κ1) is 14.3. The highest BCUT2D eigenvalue weighted by molar-refractivity contribution is 7.08. The summed E-state index contributed by atoms with van der Waals surface area (Å²) in [4.78, 5) is 11.7. The third-order valence-corrected chi connectivity index (χ3v) is 3.74. The van der Waals surface area contributed by atoms with Gasteiger partial charge in [0.2, 0.25) is 0 Å². The van der Waals surface area contributed by atoms with Gasteiger partial charge in [0.25, 0.3) is 5.91 Å². The monoisotopic (exact) mass is 310 g/mol. The van der Waals surface area contributed by atoms with Crippen LogP contribution in [0.2, 0.25) is 0 Å². The predicted molar refractivity (Wildman–Crippen MR) is 89.5 cm³/mol. The first-order valence-electron chi connectivity index (χ1n) is 6.77. The highest BCUT2D eigenvalue weighted by Gasteiger charge is 2.02. The Morgan fingerprint density at radius 1 is 1.18 bits per heavy atom. The Balaban J connectivity index is 1.53. The number of ether oxygens (including phenoxy) is 1. The maximum absolute atomic E-state index is 11.7. The van der Waals surface area contributed by atoms with Crippen molar-refractivity contribution in [3.8, 4) is 5.75 Å². The first-order chi connectivity index (χ1) is 10.8. The normalized spacial score (nSPS) is 10.9. The summed E-state index contributed by atoms with van der Waals surface area (Å²) in [6.07, 6.45) is 1.60. The van der Waals surface area contributed by atoms with E-state index < -0.39 is 0 Å². The van der Waals surface area contributed by atoms with Crippen molar-refractivity contribution in [3.63, 3.8) is 0 Å². The zero-order valence-electron chi connectivity index (χ0n) is 11.7. The fourth-order valence-corrected chi connectivity index (χ4v) is 2.58. The molecule has 0 fully saturated rings. The van der Waals surface area contributed by atoms with Crippen molar-refractivity contribution in [1.29, 1.82) is 0 Å². The van der Waals surface area contributed by atoms with Gasteiger partial charge in [-0.05, 0) is 39.7 Å². The molecule has 22 heavy (non-hydrogen) atoms. The molecule has 1 heterocycles. The lowest BCUT2D eigenvalue weighted by Crippen LogP contribution is -2.24. The lowest BCUT2D eigenvalue weighted by molar-refractivity contribution is -0.123. The molecular formula is C17H14N2O2S. The van der Waals surface area contributed by atoms with Gasteiger partial charge < -0.3 is 4.74 Å². The molecule has 0 aliphatic heterocycles. The number of amides is 1. The molecule has 1 amide bonds. The number of carbonyl (C=O) groups excluding carboxylic acids is 1. The molecule has 0 unspecified atom stereocenters. The average Bonchev–Trinajstić information content (AvgIpc) is 3.06. The number of nitrogens with one attached hydrogen (secondary N) is 1. The van der Waals surface area contributed by atoms with Crippen LogP contribution in [-0.2, 0) is 4.79 Å². The van der Waals surface area contributed by atoms with Crippen molar-refractivity contribution >= 4 is 34.2 Å². The molecule has 0 atom stereocenters. The summed E-state index contributed by atoms with van der Waals surface area (Å²) in [5.41, 5.74) is 3.40. The number of rotatable bonds is 5. The SMILES string of the molecule is O=C(COc1ccc2ccccc2c1)N/N=C/c1ccsc1. The number of fused-ring (bicyclic) bond motifs is 1. The maximum atomic E-state index is 11.7. The summed E-state index contributed by atoms with van der Waals surface area (Å²) < 4.78 is 5.48. The Labute approximate surface area is 132 Å². The number of hydrogen-bond acceptors (Lipinski definition) is 4. The van der Waals surface area contributed by atoms with Gasteiger partial charge in [-0.1, -0.05) is 30.3 Å². The van der Waals surface area contributed by atoms with Gasteiger partial charge >= 0.3 is 0 Å². The van der Waals surface area contributed by atoms with Crippen LogP contribution in [0.1, 0.15) is 5.56 Å². The predicted octanol–water partition coefficient (Wildman–Crippen LogP) is 3.43. The van der Waals surface area contributed by atoms with Crippen LogP contribution in [0.3, 0.4) is 0 Å². The second-order valence-corrected chi connectivity index (χ2v) is 5.43. The number of hydrazone groups is 1. The van der Waals surface area contributed by atoms with E-state index in [2.05, 4.69) is 10.5 Å². The molecule has 0 aliphatic rings. The van der Waals surface area contributed by atoms with Gasteiger partial charge in [-0.25, -0.2) is 5.43 Å². The molecule has 5 heteroatoms. The van der Waals surface area contributed by atoms with Crippen LogP contribution in [0, 0.1) is 0 Å². The van der Waals surface area contributed by atoms with Crippen LogP contribution in [0.4, 0.5) is 0 Å². The van der Waals surface area contributed by atoms with E-state index in [-0.39, 0.29) is 12.5 Å². The molecule has 1 aromatic heterocycles. The van der Waals surface area contributed by atoms with Crippen molar-refractivity contribution in [2.75, 3.05) is 6.61 Å². The number of hydrogen-bond donors (Lipinski definition) is 1. The Bertz CT molecular complexity index is 797. The van der Waals surface area contributed by atoms with Crippen LogP contribution in [-0.4, -0.2) is 18.7 Å². The summed E-state index contributed by atoms with van der Waals surface area (Å²) in [7, 11) is 0. The van der Waals surface area contributed by atoms with E-state index in [9.17, 15) is 4.79 Å². The highest BCUT2D eigenvalue weighted by Crippen LogP contribution is 2.20. The lowest BCUT2D eigenvalue weighted by atomic mass is 10.1. The zero-order valence-corrected chi connectivity index (χ0v) is 12.5. The first-order valence-corrected chi connectivity index (χ1v) is 7.71. The highest BCUT2D eigenvalue weighted by atomic mass is 32.1. The molecule has 2 aromatic carbocycles. The third kappa shape index (κ3) is 3.71. The molecule has 4 nitrogen and oxygen atoms in total. The van der Waals surface area contributed by atoms with Crippen molar-refractivity contribution in [1.82, 2.24) is 5.43 Å². The van der Waals surface area contributed by atoms with Gasteiger partial charge in [-0.15, -0.1) is 0 Å². The van der Waals surface area contributed by atoms with E-state index in [4.69, 9.17) is 4.74 Å². The Hall–Kier alpha value is -2.66. The second-order valence-electron chi connectivity index (χ2n) is 4.65. The van der Waals surface area contributed by atoms with Gasteiger partial charge in [-0.2, -0.15) is 16.4 Å². The molecule has 0 saturated heterocycles. The summed E-state index contributed by atoms with van der Waals surface area (Å²) in [6, 6.07) is 15.7. The average molecular weight is 310 g/mol. The molecule has 0 radical (unpaired) electrons. The maximum Gasteiger partial charge on any atom is 0.277 e. The topological polar surface area (TPSA) is 50.7 Å². The molecular weight excluding hydrogens is 296 g/mol. The van der Waals surface area contributed by atoms with Crippen molar-refractivity contribution < 1.29 is 9.53 Å². The van der Waals surface area contributed by atoms with Crippen LogP contribution in [0.25, 0.3) is 10.8 Å². The molecule has 0 spiro atoms. The molecule has 0 aliphatic carbocycles. The quantitative estimate of drug-likeness (QED) is 0.580. The van der Waals surface area contributed by atoms with E-state index in [1.54, 1.807) is 17.6 Å². The summed E-state index contributed by atoms with van der Waals surface area (Å²) in [5, 5.41) is 9.99. The number of thiophene rings is 1. The largest absolute Gasteiger partial charge is 0.484 e. The Morgan fingerprint density at radius 3 is 2.86 bits per heavy atom. The summed E-state index contributed by atoms with van der Waals surface area (Å²) >= 11 is 1.58. The van der Waals surface area contributed by atoms with Crippen LogP contribution >= 0.6 is 11.3 Å². The summed E-state index contributed by atoms with van der Waals surface area (Å²) in [6.45, 7) is -0.0701. The molecule has 3 aromatic rings. The minimum atomic E-state index is -0.292. The molecule has 0 bridgehead atoms. The minimum Gasteiger partial charge on any atom is -0.484 e. The van der Waals surface area contributed by atoms with Crippen LogP contribution in [0.15, 0.2) is 64.4 Å². The van der Waals surface area contributed by atoms with Gasteiger partial charge in [0.15, 0.2) is 6.61 Å². The smallest absolute Gasteiger partial charge is 0.277 e. The standard InChI is InChI=1S/C17H14N2O2S/c20-17(19-18-10-13-7-8-22-12-13)11-21-16-6-5-14-3-1-2-4-15(14)9-16/h1-10,12H,11H2,(H,19,20)/b18-10+. The minimum absolute atomic E-state index is 0.0701. The van der Waals surface area contributed by atoms with Crippen LogP contribution < -0.4 is 10.2 Å². The van der Waals surface area contributed by atoms with Gasteiger partial charge in [-0.3, -0.25) is 4.79 Å². The molecule has 1 N–H and O–H groups in total. The lowest BCUT2D eigenvalue weighted by Gasteiger charge is -2.06. The van der Waals surface area contributed by atoms with E-state index in [1.165, 1.54) is 0 Å². The molecule has 3 rings (SSSR count). The van der Waals surface area contributed by atoms with E-state index in [0.29, 0.717) is 5.75 Å². The fraction of sp³-hybridized carbons (Fsp3) is 0.0588. The molecule has 0 saturated carbocycles.